The maximum Gasteiger partial charge on any atom is 0.220 e. The van der Waals surface area contributed by atoms with Crippen molar-refractivity contribution in [2.75, 3.05) is 26.3 Å². The fraction of sp³-hybridized carbons (Fsp3) is 0.750. The van der Waals surface area contributed by atoms with Crippen LogP contribution in [0.5, 0.6) is 0 Å². The first-order valence-corrected chi connectivity index (χ1v) is 5.75. The zero-order valence-corrected chi connectivity index (χ0v) is 10.4. The van der Waals surface area contributed by atoms with Gasteiger partial charge >= 0.3 is 0 Å². The molecule has 0 aliphatic carbocycles. The molecule has 0 saturated heterocycles. The first kappa shape index (κ1) is 15.1. The number of amides is 1. The van der Waals surface area contributed by atoms with Crippen LogP contribution in [-0.4, -0.2) is 32.2 Å². The second-order valence-corrected chi connectivity index (χ2v) is 4.24. The number of hydrogen-bond donors (Lipinski definition) is 2. The van der Waals surface area contributed by atoms with Gasteiger partial charge in [-0.05, 0) is 25.8 Å². The average Bonchev–Trinajstić information content (AvgIpc) is 2.24. The second-order valence-electron chi connectivity index (χ2n) is 4.24. The van der Waals surface area contributed by atoms with Crippen LogP contribution in [0.15, 0.2) is 12.2 Å². The van der Waals surface area contributed by atoms with E-state index in [4.69, 9.17) is 10.5 Å². The highest BCUT2D eigenvalue weighted by atomic mass is 16.5. The lowest BCUT2D eigenvalue weighted by atomic mass is 10.1. The summed E-state index contributed by atoms with van der Waals surface area (Å²) in [6.07, 6.45) is 1.38. The Balaban J connectivity index is 3.33. The maximum atomic E-state index is 11.3. The van der Waals surface area contributed by atoms with Crippen LogP contribution in [-0.2, 0) is 9.53 Å². The molecule has 0 heterocycles. The number of carbonyl (C=O) groups excluding carboxylic acids is 1. The smallest absolute Gasteiger partial charge is 0.220 e. The molecule has 0 rings (SSSR count). The van der Waals surface area contributed by atoms with Gasteiger partial charge in [-0.15, -0.1) is 0 Å². The zero-order valence-electron chi connectivity index (χ0n) is 10.4. The summed E-state index contributed by atoms with van der Waals surface area (Å²) in [6.45, 7) is 9.96. The van der Waals surface area contributed by atoms with E-state index in [0.717, 1.165) is 12.0 Å². The van der Waals surface area contributed by atoms with E-state index in [1.165, 1.54) is 0 Å². The van der Waals surface area contributed by atoms with Gasteiger partial charge in [0.1, 0.15) is 0 Å². The summed E-state index contributed by atoms with van der Waals surface area (Å²) < 4.78 is 5.26. The predicted molar refractivity (Wildman–Crippen MR) is 66.1 cm³/mol. The molecule has 0 radical (unpaired) electrons. The van der Waals surface area contributed by atoms with Crippen molar-refractivity contribution in [3.05, 3.63) is 12.2 Å². The Hall–Kier alpha value is -0.870. The van der Waals surface area contributed by atoms with Crippen LogP contribution >= 0.6 is 0 Å². The summed E-state index contributed by atoms with van der Waals surface area (Å²) in [5, 5.41) is 2.80. The maximum absolute atomic E-state index is 11.3. The third-order valence-corrected chi connectivity index (χ3v) is 2.18. The Morgan fingerprint density at radius 3 is 2.81 bits per heavy atom. The number of carbonyl (C=O) groups is 1. The van der Waals surface area contributed by atoms with E-state index in [1.54, 1.807) is 0 Å². The molecule has 0 saturated carbocycles. The van der Waals surface area contributed by atoms with Gasteiger partial charge in [0.05, 0.1) is 13.2 Å². The molecule has 1 unspecified atom stereocenters. The minimum absolute atomic E-state index is 0.0687. The van der Waals surface area contributed by atoms with Crippen molar-refractivity contribution >= 4 is 5.91 Å². The summed E-state index contributed by atoms with van der Waals surface area (Å²) in [7, 11) is 0. The minimum atomic E-state index is 0.0687. The first-order chi connectivity index (χ1) is 7.56. The van der Waals surface area contributed by atoms with Crippen LogP contribution in [0.25, 0.3) is 0 Å². The van der Waals surface area contributed by atoms with Gasteiger partial charge in [-0.3, -0.25) is 4.79 Å². The molecule has 94 valence electrons. The summed E-state index contributed by atoms with van der Waals surface area (Å²) in [6, 6.07) is 0. The molecular formula is C12H24N2O2. The second kappa shape index (κ2) is 9.36. The molecule has 0 bridgehead atoms. The standard InChI is InChI=1S/C12H24N2O2/c1-10(2)9-16-7-6-14-12(15)5-4-11(3)8-13/h11H,1,4-9,13H2,2-3H3,(H,14,15). The van der Waals surface area contributed by atoms with Crippen molar-refractivity contribution in [3.63, 3.8) is 0 Å². The molecule has 0 spiro atoms. The molecule has 4 heteroatoms. The lowest BCUT2D eigenvalue weighted by molar-refractivity contribution is -0.121. The summed E-state index contributed by atoms with van der Waals surface area (Å²) in [4.78, 5) is 11.3. The Morgan fingerprint density at radius 1 is 1.56 bits per heavy atom. The SMILES string of the molecule is C=C(C)COCCNC(=O)CCC(C)CN. The van der Waals surface area contributed by atoms with Crippen LogP contribution in [0.1, 0.15) is 26.7 Å². The van der Waals surface area contributed by atoms with Gasteiger partial charge in [-0.2, -0.15) is 0 Å². The lowest BCUT2D eigenvalue weighted by Gasteiger charge is -2.09. The van der Waals surface area contributed by atoms with Gasteiger partial charge in [0.15, 0.2) is 0 Å². The molecule has 4 nitrogen and oxygen atoms in total. The number of hydrogen-bond acceptors (Lipinski definition) is 3. The van der Waals surface area contributed by atoms with Crippen LogP contribution in [0.3, 0.4) is 0 Å². The fourth-order valence-electron chi connectivity index (χ4n) is 1.09. The molecule has 0 aromatic rings. The van der Waals surface area contributed by atoms with E-state index in [1.807, 2.05) is 13.8 Å². The molecule has 0 aliphatic rings. The van der Waals surface area contributed by atoms with Gasteiger partial charge in [-0.1, -0.05) is 19.1 Å². The van der Waals surface area contributed by atoms with Gasteiger partial charge in [0, 0.05) is 13.0 Å². The van der Waals surface area contributed by atoms with Gasteiger partial charge in [-0.25, -0.2) is 0 Å². The molecule has 0 fully saturated rings. The third kappa shape index (κ3) is 9.68. The molecular weight excluding hydrogens is 204 g/mol. The van der Waals surface area contributed by atoms with Crippen molar-refractivity contribution in [2.24, 2.45) is 11.7 Å². The number of ether oxygens (including phenoxy) is 1. The lowest BCUT2D eigenvalue weighted by Crippen LogP contribution is -2.28. The molecule has 0 aromatic carbocycles. The summed E-state index contributed by atoms with van der Waals surface area (Å²) >= 11 is 0. The Kier molecular flexibility index (Phi) is 8.85. The van der Waals surface area contributed by atoms with Crippen LogP contribution in [0.4, 0.5) is 0 Å². The van der Waals surface area contributed by atoms with Gasteiger partial charge in [0.25, 0.3) is 0 Å². The molecule has 1 amide bonds. The third-order valence-electron chi connectivity index (χ3n) is 2.18. The predicted octanol–water partition coefficient (Wildman–Crippen LogP) is 1.07. The molecule has 16 heavy (non-hydrogen) atoms. The van der Waals surface area contributed by atoms with Crippen LogP contribution in [0, 0.1) is 5.92 Å². The van der Waals surface area contributed by atoms with E-state index in [9.17, 15) is 4.79 Å². The number of nitrogens with two attached hydrogens (primary N) is 1. The number of nitrogens with one attached hydrogen (secondary N) is 1. The van der Waals surface area contributed by atoms with E-state index in [-0.39, 0.29) is 5.91 Å². The highest BCUT2D eigenvalue weighted by Gasteiger charge is 2.04. The Bertz CT molecular complexity index is 217. The monoisotopic (exact) mass is 228 g/mol. The van der Waals surface area contributed by atoms with Crippen LogP contribution < -0.4 is 11.1 Å². The number of rotatable bonds is 9. The van der Waals surface area contributed by atoms with E-state index in [2.05, 4.69) is 11.9 Å². The van der Waals surface area contributed by atoms with Crippen molar-refractivity contribution in [1.29, 1.82) is 0 Å². The van der Waals surface area contributed by atoms with E-state index in [0.29, 0.717) is 38.6 Å². The van der Waals surface area contributed by atoms with E-state index < -0.39 is 0 Å². The molecule has 0 aromatic heterocycles. The van der Waals surface area contributed by atoms with Crippen molar-refractivity contribution < 1.29 is 9.53 Å². The van der Waals surface area contributed by atoms with Crippen molar-refractivity contribution in [1.82, 2.24) is 5.32 Å². The van der Waals surface area contributed by atoms with Crippen LogP contribution in [0.2, 0.25) is 0 Å². The summed E-state index contributed by atoms with van der Waals surface area (Å²) in [5.41, 5.74) is 6.46. The minimum Gasteiger partial charge on any atom is -0.375 e. The van der Waals surface area contributed by atoms with Gasteiger partial charge in [0.2, 0.25) is 5.91 Å². The quantitative estimate of drug-likeness (QED) is 0.458. The Labute approximate surface area is 98.2 Å². The first-order valence-electron chi connectivity index (χ1n) is 5.75. The molecule has 3 N–H and O–H groups in total. The highest BCUT2D eigenvalue weighted by Crippen LogP contribution is 2.02. The molecule has 0 aliphatic heterocycles. The largest absolute Gasteiger partial charge is 0.375 e. The molecule has 1 atom stereocenters. The van der Waals surface area contributed by atoms with Crippen molar-refractivity contribution in [2.45, 2.75) is 26.7 Å². The van der Waals surface area contributed by atoms with Gasteiger partial charge < -0.3 is 15.8 Å². The zero-order chi connectivity index (χ0) is 12.4. The summed E-state index contributed by atoms with van der Waals surface area (Å²) in [5.74, 6) is 0.477. The Morgan fingerprint density at radius 2 is 2.25 bits per heavy atom. The normalized spacial score (nSPS) is 12.2. The van der Waals surface area contributed by atoms with Crippen molar-refractivity contribution in [3.8, 4) is 0 Å². The average molecular weight is 228 g/mol. The van der Waals surface area contributed by atoms with E-state index >= 15 is 0 Å². The topological polar surface area (TPSA) is 64.3 Å². The highest BCUT2D eigenvalue weighted by molar-refractivity contribution is 5.75. The fourth-order valence-corrected chi connectivity index (χ4v) is 1.09.